The molecule has 30 heavy (non-hydrogen) atoms. The molecule has 4 nitrogen and oxygen atoms in total. The molecule has 0 bridgehead atoms. The number of hydrogen-bond donors (Lipinski definition) is 0. The number of hydrogen-bond acceptors (Lipinski definition) is 4. The highest BCUT2D eigenvalue weighted by Gasteiger charge is 2.17. The maximum absolute atomic E-state index is 12.3. The zero-order chi connectivity index (χ0) is 21.1. The minimum Gasteiger partial charge on any atom is -0.466 e. The van der Waals surface area contributed by atoms with Gasteiger partial charge in [-0.1, -0.05) is 41.9 Å². The van der Waals surface area contributed by atoms with Gasteiger partial charge < -0.3 is 4.74 Å². The summed E-state index contributed by atoms with van der Waals surface area (Å²) in [6.45, 7) is 4.21. The SMILES string of the molecule is CCOC(=O)Cc1c(C)cc2cc(-c3ncccn3)ccc2c1-c1ccc(Cl)cc1. The Labute approximate surface area is 180 Å². The average molecular weight is 417 g/mol. The number of aryl methyl sites for hydroxylation is 1. The zero-order valence-corrected chi connectivity index (χ0v) is 17.6. The molecule has 0 saturated carbocycles. The summed E-state index contributed by atoms with van der Waals surface area (Å²) >= 11 is 6.11. The van der Waals surface area contributed by atoms with E-state index in [2.05, 4.69) is 28.2 Å². The molecule has 0 unspecified atom stereocenters. The van der Waals surface area contributed by atoms with Crippen molar-refractivity contribution in [3.8, 4) is 22.5 Å². The molecule has 1 heterocycles. The number of esters is 1. The van der Waals surface area contributed by atoms with Crippen LogP contribution < -0.4 is 0 Å². The second-order valence-corrected chi connectivity index (χ2v) is 7.48. The van der Waals surface area contributed by atoms with Crippen LogP contribution in [0.5, 0.6) is 0 Å². The molecule has 0 saturated heterocycles. The lowest BCUT2D eigenvalue weighted by atomic mass is 9.88. The number of nitrogens with zero attached hydrogens (tertiary/aromatic N) is 2. The van der Waals surface area contributed by atoms with Gasteiger partial charge in [-0.2, -0.15) is 0 Å². The van der Waals surface area contributed by atoms with Crippen molar-refractivity contribution in [1.82, 2.24) is 9.97 Å². The maximum Gasteiger partial charge on any atom is 0.310 e. The molecule has 0 spiro atoms. The molecule has 0 fully saturated rings. The topological polar surface area (TPSA) is 52.1 Å². The third-order valence-corrected chi connectivity index (χ3v) is 5.31. The number of carbonyl (C=O) groups excluding carboxylic acids is 1. The summed E-state index contributed by atoms with van der Waals surface area (Å²) in [5.74, 6) is 0.449. The van der Waals surface area contributed by atoms with Crippen LogP contribution in [0.2, 0.25) is 5.02 Å². The highest BCUT2D eigenvalue weighted by Crippen LogP contribution is 2.37. The summed E-state index contributed by atoms with van der Waals surface area (Å²) in [6.07, 6.45) is 3.69. The molecule has 0 aliphatic carbocycles. The van der Waals surface area contributed by atoms with Crippen molar-refractivity contribution >= 4 is 28.3 Å². The van der Waals surface area contributed by atoms with Crippen LogP contribution in [0.3, 0.4) is 0 Å². The summed E-state index contributed by atoms with van der Waals surface area (Å²) in [7, 11) is 0. The minimum absolute atomic E-state index is 0.219. The third kappa shape index (κ3) is 4.05. The molecule has 150 valence electrons. The van der Waals surface area contributed by atoms with Crippen LogP contribution in [0.15, 0.2) is 67.0 Å². The average Bonchev–Trinajstić information content (AvgIpc) is 2.75. The van der Waals surface area contributed by atoms with Crippen LogP contribution in [0.1, 0.15) is 18.1 Å². The standard InChI is InChI=1S/C25H21ClN2O2/c1-3-30-23(29)15-22-16(2)13-19-14-18(25-27-11-4-12-28-25)7-10-21(19)24(22)17-5-8-20(26)9-6-17/h4-14H,3,15H2,1-2H3. The number of rotatable bonds is 5. The molecule has 1 aromatic heterocycles. The predicted octanol–water partition coefficient (Wildman–Crippen LogP) is 6.03. The molecule has 0 radical (unpaired) electrons. The molecule has 0 N–H and O–H groups in total. The fourth-order valence-corrected chi connectivity index (χ4v) is 3.83. The Morgan fingerprint density at radius 2 is 1.70 bits per heavy atom. The van der Waals surface area contributed by atoms with Crippen LogP contribution >= 0.6 is 11.6 Å². The van der Waals surface area contributed by atoms with E-state index in [0.717, 1.165) is 38.6 Å². The highest BCUT2D eigenvalue weighted by atomic mass is 35.5. The lowest BCUT2D eigenvalue weighted by molar-refractivity contribution is -0.142. The highest BCUT2D eigenvalue weighted by molar-refractivity contribution is 6.30. The first-order chi connectivity index (χ1) is 14.6. The minimum atomic E-state index is -0.232. The third-order valence-electron chi connectivity index (χ3n) is 5.05. The number of benzene rings is 3. The molecule has 4 aromatic rings. The number of fused-ring (bicyclic) bond motifs is 1. The van der Waals surface area contributed by atoms with Crippen molar-refractivity contribution in [2.45, 2.75) is 20.3 Å². The van der Waals surface area contributed by atoms with Crippen molar-refractivity contribution in [1.29, 1.82) is 0 Å². The van der Waals surface area contributed by atoms with Crippen LogP contribution in [-0.4, -0.2) is 22.5 Å². The zero-order valence-electron chi connectivity index (χ0n) is 16.9. The second-order valence-electron chi connectivity index (χ2n) is 7.04. The fraction of sp³-hybridized carbons (Fsp3) is 0.160. The van der Waals surface area contributed by atoms with E-state index in [9.17, 15) is 4.79 Å². The molecule has 0 aliphatic rings. The van der Waals surface area contributed by atoms with Gasteiger partial charge in [-0.3, -0.25) is 4.79 Å². The Bertz CT molecular complexity index is 1210. The quantitative estimate of drug-likeness (QED) is 0.372. The Morgan fingerprint density at radius 1 is 1.00 bits per heavy atom. The van der Waals surface area contributed by atoms with Gasteiger partial charge in [0, 0.05) is 23.0 Å². The molecular weight excluding hydrogens is 396 g/mol. The molecule has 5 heteroatoms. The number of halogens is 1. The first-order valence-electron chi connectivity index (χ1n) is 9.82. The monoisotopic (exact) mass is 416 g/mol. The normalized spacial score (nSPS) is 10.9. The lowest BCUT2D eigenvalue weighted by Crippen LogP contribution is -2.10. The summed E-state index contributed by atoms with van der Waals surface area (Å²) in [4.78, 5) is 21.0. The van der Waals surface area contributed by atoms with E-state index in [4.69, 9.17) is 16.3 Å². The van der Waals surface area contributed by atoms with Gasteiger partial charge in [0.25, 0.3) is 0 Å². The van der Waals surface area contributed by atoms with Crippen LogP contribution in [0.4, 0.5) is 0 Å². The van der Waals surface area contributed by atoms with E-state index in [1.54, 1.807) is 18.5 Å². The van der Waals surface area contributed by atoms with E-state index in [0.29, 0.717) is 17.5 Å². The Balaban J connectivity index is 1.94. The van der Waals surface area contributed by atoms with Gasteiger partial charge in [0.15, 0.2) is 5.82 Å². The van der Waals surface area contributed by atoms with Crippen molar-refractivity contribution in [2.24, 2.45) is 0 Å². The predicted molar refractivity (Wildman–Crippen MR) is 120 cm³/mol. The van der Waals surface area contributed by atoms with Gasteiger partial charge in [0.2, 0.25) is 0 Å². The largest absolute Gasteiger partial charge is 0.466 e. The van der Waals surface area contributed by atoms with Crippen molar-refractivity contribution in [3.05, 3.63) is 83.1 Å². The van der Waals surface area contributed by atoms with E-state index in [1.807, 2.05) is 44.2 Å². The van der Waals surface area contributed by atoms with Crippen molar-refractivity contribution in [3.63, 3.8) is 0 Å². The van der Waals surface area contributed by atoms with Crippen molar-refractivity contribution < 1.29 is 9.53 Å². The molecular formula is C25H21ClN2O2. The summed E-state index contributed by atoms with van der Waals surface area (Å²) in [6, 6.07) is 17.8. The molecule has 4 rings (SSSR count). The van der Waals surface area contributed by atoms with Crippen molar-refractivity contribution in [2.75, 3.05) is 6.61 Å². The Hall–Kier alpha value is -3.24. The maximum atomic E-state index is 12.3. The summed E-state index contributed by atoms with van der Waals surface area (Å²) < 4.78 is 5.22. The van der Waals surface area contributed by atoms with Gasteiger partial charge >= 0.3 is 5.97 Å². The molecule has 0 amide bonds. The fourth-order valence-electron chi connectivity index (χ4n) is 3.71. The van der Waals surface area contributed by atoms with Crippen LogP contribution in [-0.2, 0) is 16.0 Å². The van der Waals surface area contributed by atoms with Crippen LogP contribution in [0, 0.1) is 6.92 Å². The van der Waals surface area contributed by atoms with Crippen LogP contribution in [0.25, 0.3) is 33.3 Å². The first kappa shape index (κ1) is 20.0. The number of ether oxygens (including phenoxy) is 1. The number of aromatic nitrogens is 2. The molecule has 0 aliphatic heterocycles. The van der Waals surface area contributed by atoms with Gasteiger partial charge in [-0.05, 0) is 71.1 Å². The summed E-state index contributed by atoms with van der Waals surface area (Å²) in [5.41, 5.74) is 4.98. The molecule has 3 aromatic carbocycles. The van der Waals surface area contributed by atoms with Gasteiger partial charge in [0.05, 0.1) is 13.0 Å². The van der Waals surface area contributed by atoms with Gasteiger partial charge in [-0.25, -0.2) is 9.97 Å². The first-order valence-corrected chi connectivity index (χ1v) is 10.2. The van der Waals surface area contributed by atoms with E-state index in [-0.39, 0.29) is 12.4 Å². The Kier molecular flexibility index (Phi) is 5.77. The van der Waals surface area contributed by atoms with Gasteiger partial charge in [-0.15, -0.1) is 0 Å². The van der Waals surface area contributed by atoms with E-state index < -0.39 is 0 Å². The Morgan fingerprint density at radius 3 is 2.40 bits per heavy atom. The second kappa shape index (κ2) is 8.64. The smallest absolute Gasteiger partial charge is 0.310 e. The molecule has 0 atom stereocenters. The number of carbonyl (C=O) groups is 1. The van der Waals surface area contributed by atoms with Gasteiger partial charge in [0.1, 0.15) is 0 Å². The van der Waals surface area contributed by atoms with E-state index >= 15 is 0 Å². The summed E-state index contributed by atoms with van der Waals surface area (Å²) in [5, 5.41) is 2.79. The lowest BCUT2D eigenvalue weighted by Gasteiger charge is -2.17. The van der Waals surface area contributed by atoms with E-state index in [1.165, 1.54) is 0 Å².